The Morgan fingerprint density at radius 3 is 2.72 bits per heavy atom. The van der Waals surface area contributed by atoms with Crippen molar-refractivity contribution >= 4 is 11.8 Å². The first-order valence-electron chi connectivity index (χ1n) is 6.88. The highest BCUT2D eigenvalue weighted by molar-refractivity contribution is 6.06. The Balaban J connectivity index is 1.59. The standard InChI is InChI=1S/C13H20N2O3/c1-8-6-9(4-5-18-8)14-11-7-12(16)15(13(11)17)10-2-3-10/h8-11,14H,2-7H2,1H3. The minimum absolute atomic E-state index is 0.0000999. The van der Waals surface area contributed by atoms with Gasteiger partial charge in [0.05, 0.1) is 18.6 Å². The zero-order chi connectivity index (χ0) is 12.7. The molecule has 18 heavy (non-hydrogen) atoms. The number of ether oxygens (including phenoxy) is 1. The summed E-state index contributed by atoms with van der Waals surface area (Å²) in [7, 11) is 0. The van der Waals surface area contributed by atoms with Crippen molar-refractivity contribution in [1.82, 2.24) is 10.2 Å². The van der Waals surface area contributed by atoms with Crippen LogP contribution >= 0.6 is 0 Å². The number of carbonyl (C=O) groups excluding carboxylic acids is 2. The molecule has 1 saturated carbocycles. The zero-order valence-corrected chi connectivity index (χ0v) is 10.7. The second-order valence-electron chi connectivity index (χ2n) is 5.66. The van der Waals surface area contributed by atoms with Crippen LogP contribution < -0.4 is 5.32 Å². The molecule has 0 aromatic rings. The number of carbonyl (C=O) groups is 2. The van der Waals surface area contributed by atoms with Crippen LogP contribution in [0.1, 0.15) is 39.0 Å². The fraction of sp³-hybridized carbons (Fsp3) is 0.846. The number of imide groups is 1. The van der Waals surface area contributed by atoms with Crippen LogP contribution in [-0.4, -0.2) is 47.6 Å². The monoisotopic (exact) mass is 252 g/mol. The Bertz CT molecular complexity index is 367. The zero-order valence-electron chi connectivity index (χ0n) is 10.7. The Morgan fingerprint density at radius 2 is 2.06 bits per heavy atom. The van der Waals surface area contributed by atoms with E-state index in [1.54, 1.807) is 0 Å². The molecule has 3 rings (SSSR count). The number of nitrogens with zero attached hydrogens (tertiary/aromatic N) is 1. The second-order valence-corrected chi connectivity index (χ2v) is 5.66. The Morgan fingerprint density at radius 1 is 1.28 bits per heavy atom. The first-order chi connectivity index (χ1) is 8.65. The summed E-state index contributed by atoms with van der Waals surface area (Å²) < 4.78 is 5.49. The van der Waals surface area contributed by atoms with Crippen molar-refractivity contribution in [1.29, 1.82) is 0 Å². The lowest BCUT2D eigenvalue weighted by Gasteiger charge is -2.29. The van der Waals surface area contributed by atoms with E-state index in [0.29, 0.717) is 12.5 Å². The third-order valence-corrected chi connectivity index (χ3v) is 4.02. The molecule has 3 unspecified atom stereocenters. The summed E-state index contributed by atoms with van der Waals surface area (Å²) in [4.78, 5) is 25.5. The molecule has 5 nitrogen and oxygen atoms in total. The van der Waals surface area contributed by atoms with E-state index in [9.17, 15) is 9.59 Å². The van der Waals surface area contributed by atoms with Gasteiger partial charge in [-0.05, 0) is 32.6 Å². The SMILES string of the molecule is CC1CC(NC2CC(=O)N(C3CC3)C2=O)CCO1. The predicted octanol–water partition coefficient (Wildman–Crippen LogP) is 0.433. The van der Waals surface area contributed by atoms with E-state index in [1.807, 2.05) is 6.92 Å². The maximum absolute atomic E-state index is 12.2. The van der Waals surface area contributed by atoms with E-state index in [1.165, 1.54) is 4.90 Å². The van der Waals surface area contributed by atoms with Crippen LogP contribution in [0.4, 0.5) is 0 Å². The fourth-order valence-corrected chi connectivity index (χ4v) is 2.93. The van der Waals surface area contributed by atoms with Crippen LogP contribution in [0.15, 0.2) is 0 Å². The van der Waals surface area contributed by atoms with Gasteiger partial charge in [0.25, 0.3) is 0 Å². The van der Waals surface area contributed by atoms with Gasteiger partial charge in [-0.25, -0.2) is 0 Å². The predicted molar refractivity (Wildman–Crippen MR) is 64.9 cm³/mol. The Hall–Kier alpha value is -0.940. The van der Waals surface area contributed by atoms with E-state index in [2.05, 4.69) is 5.32 Å². The second kappa shape index (κ2) is 4.63. The minimum atomic E-state index is -0.298. The highest BCUT2D eigenvalue weighted by atomic mass is 16.5. The first-order valence-corrected chi connectivity index (χ1v) is 6.88. The third kappa shape index (κ3) is 2.29. The van der Waals surface area contributed by atoms with E-state index in [-0.39, 0.29) is 30.0 Å². The van der Waals surface area contributed by atoms with Crippen LogP contribution in [0.3, 0.4) is 0 Å². The van der Waals surface area contributed by atoms with Gasteiger partial charge in [0.15, 0.2) is 0 Å². The van der Waals surface area contributed by atoms with Crippen LogP contribution in [0.2, 0.25) is 0 Å². The lowest BCUT2D eigenvalue weighted by molar-refractivity contribution is -0.139. The lowest BCUT2D eigenvalue weighted by Crippen LogP contribution is -2.47. The maximum Gasteiger partial charge on any atom is 0.247 e. The largest absolute Gasteiger partial charge is 0.378 e. The highest BCUT2D eigenvalue weighted by Gasteiger charge is 2.46. The third-order valence-electron chi connectivity index (χ3n) is 4.02. The average Bonchev–Trinajstić information content (AvgIpc) is 3.09. The van der Waals surface area contributed by atoms with Crippen LogP contribution in [-0.2, 0) is 14.3 Å². The van der Waals surface area contributed by atoms with Gasteiger partial charge in [0.1, 0.15) is 0 Å². The molecule has 1 aliphatic carbocycles. The number of amides is 2. The number of hydrogen-bond donors (Lipinski definition) is 1. The molecule has 0 aromatic heterocycles. The maximum atomic E-state index is 12.2. The summed E-state index contributed by atoms with van der Waals surface area (Å²) in [5, 5.41) is 3.35. The highest BCUT2D eigenvalue weighted by Crippen LogP contribution is 2.31. The number of likely N-dealkylation sites (tertiary alicyclic amines) is 1. The molecule has 0 radical (unpaired) electrons. The van der Waals surface area contributed by atoms with Gasteiger partial charge < -0.3 is 10.1 Å². The van der Waals surface area contributed by atoms with E-state index < -0.39 is 0 Å². The molecule has 1 N–H and O–H groups in total. The van der Waals surface area contributed by atoms with E-state index in [4.69, 9.17) is 4.74 Å². The molecular formula is C13H20N2O3. The topological polar surface area (TPSA) is 58.6 Å². The quantitative estimate of drug-likeness (QED) is 0.740. The molecule has 3 atom stereocenters. The number of hydrogen-bond acceptors (Lipinski definition) is 4. The van der Waals surface area contributed by atoms with Crippen molar-refractivity contribution in [2.45, 2.75) is 63.3 Å². The van der Waals surface area contributed by atoms with Gasteiger partial charge in [0.2, 0.25) is 11.8 Å². The molecule has 100 valence electrons. The summed E-state index contributed by atoms with van der Waals surface area (Å²) >= 11 is 0. The molecule has 2 amide bonds. The molecule has 2 aliphatic heterocycles. The summed E-state index contributed by atoms with van der Waals surface area (Å²) in [6.45, 7) is 2.78. The van der Waals surface area contributed by atoms with Gasteiger partial charge >= 0.3 is 0 Å². The Kier molecular flexibility index (Phi) is 3.11. The van der Waals surface area contributed by atoms with Gasteiger partial charge in [0, 0.05) is 18.7 Å². The molecular weight excluding hydrogens is 232 g/mol. The average molecular weight is 252 g/mol. The normalized spacial score (nSPS) is 37.4. The lowest BCUT2D eigenvalue weighted by atomic mass is 10.0. The van der Waals surface area contributed by atoms with Gasteiger partial charge in [-0.2, -0.15) is 0 Å². The molecule has 2 saturated heterocycles. The Labute approximate surface area is 107 Å². The van der Waals surface area contributed by atoms with Gasteiger partial charge in [-0.15, -0.1) is 0 Å². The molecule has 3 aliphatic rings. The van der Waals surface area contributed by atoms with Crippen molar-refractivity contribution in [3.63, 3.8) is 0 Å². The van der Waals surface area contributed by atoms with Crippen molar-refractivity contribution in [2.24, 2.45) is 0 Å². The summed E-state index contributed by atoms with van der Waals surface area (Å²) in [6, 6.07) is 0.202. The van der Waals surface area contributed by atoms with E-state index in [0.717, 1.165) is 32.3 Å². The summed E-state index contributed by atoms with van der Waals surface area (Å²) in [5.74, 6) is -0.0123. The first kappa shape index (κ1) is 12.1. The summed E-state index contributed by atoms with van der Waals surface area (Å²) in [5.41, 5.74) is 0. The summed E-state index contributed by atoms with van der Waals surface area (Å²) in [6.07, 6.45) is 4.38. The molecule has 3 fully saturated rings. The minimum Gasteiger partial charge on any atom is -0.378 e. The number of rotatable bonds is 3. The fourth-order valence-electron chi connectivity index (χ4n) is 2.93. The van der Waals surface area contributed by atoms with Crippen molar-refractivity contribution in [3.8, 4) is 0 Å². The molecule has 5 heteroatoms. The molecule has 2 heterocycles. The smallest absolute Gasteiger partial charge is 0.247 e. The molecule has 0 aromatic carbocycles. The van der Waals surface area contributed by atoms with Gasteiger partial charge in [-0.3, -0.25) is 14.5 Å². The van der Waals surface area contributed by atoms with Crippen LogP contribution in [0.25, 0.3) is 0 Å². The molecule has 0 bridgehead atoms. The van der Waals surface area contributed by atoms with Crippen LogP contribution in [0, 0.1) is 0 Å². The number of nitrogens with one attached hydrogen (secondary N) is 1. The van der Waals surface area contributed by atoms with Crippen LogP contribution in [0.5, 0.6) is 0 Å². The molecule has 0 spiro atoms. The van der Waals surface area contributed by atoms with E-state index >= 15 is 0 Å². The van der Waals surface area contributed by atoms with Gasteiger partial charge in [-0.1, -0.05) is 0 Å². The van der Waals surface area contributed by atoms with Crippen molar-refractivity contribution in [2.75, 3.05) is 6.61 Å². The van der Waals surface area contributed by atoms with Crippen molar-refractivity contribution < 1.29 is 14.3 Å². The van der Waals surface area contributed by atoms with Crippen molar-refractivity contribution in [3.05, 3.63) is 0 Å².